The van der Waals surface area contributed by atoms with Gasteiger partial charge in [-0.3, -0.25) is 0 Å². The maximum atomic E-state index is 12.9. The van der Waals surface area contributed by atoms with Crippen molar-refractivity contribution in [3.63, 3.8) is 0 Å². The van der Waals surface area contributed by atoms with E-state index in [0.717, 1.165) is 31.7 Å². The van der Waals surface area contributed by atoms with Gasteiger partial charge in [-0.1, -0.05) is 25.0 Å². The molecular formula is C14H18F3N3O. The van der Waals surface area contributed by atoms with Crippen molar-refractivity contribution in [2.75, 3.05) is 11.9 Å². The van der Waals surface area contributed by atoms with Crippen molar-refractivity contribution in [1.29, 1.82) is 0 Å². The van der Waals surface area contributed by atoms with Gasteiger partial charge >= 0.3 is 12.2 Å². The predicted molar refractivity (Wildman–Crippen MR) is 73.9 cm³/mol. The number of anilines is 1. The average Bonchev–Trinajstić information content (AvgIpc) is 2.87. The lowest BCUT2D eigenvalue weighted by Crippen LogP contribution is -2.53. The fourth-order valence-electron chi connectivity index (χ4n) is 2.67. The van der Waals surface area contributed by atoms with Crippen LogP contribution in [0.5, 0.6) is 0 Å². The van der Waals surface area contributed by atoms with E-state index in [2.05, 4.69) is 10.6 Å². The average molecular weight is 301 g/mol. The SMILES string of the molecule is NCC1(NC(=O)Nc2ccccc2C(F)(F)F)CCCC1. The van der Waals surface area contributed by atoms with Crippen molar-refractivity contribution in [3.8, 4) is 0 Å². The highest BCUT2D eigenvalue weighted by Gasteiger charge is 2.36. The van der Waals surface area contributed by atoms with Crippen LogP contribution in [0.1, 0.15) is 31.2 Å². The molecule has 2 rings (SSSR count). The normalized spacial score (nSPS) is 17.5. The minimum atomic E-state index is -4.51. The fraction of sp³-hybridized carbons (Fsp3) is 0.500. The highest BCUT2D eigenvalue weighted by atomic mass is 19.4. The molecule has 1 aliphatic carbocycles. The molecule has 4 N–H and O–H groups in total. The molecule has 116 valence electrons. The molecule has 0 aliphatic heterocycles. The molecule has 1 aliphatic rings. The molecule has 7 heteroatoms. The summed E-state index contributed by atoms with van der Waals surface area (Å²) >= 11 is 0. The van der Waals surface area contributed by atoms with Gasteiger partial charge in [0.15, 0.2) is 0 Å². The number of alkyl halides is 3. The molecule has 1 saturated carbocycles. The summed E-state index contributed by atoms with van der Waals surface area (Å²) in [6.07, 6.45) is -1.11. The molecule has 2 amide bonds. The largest absolute Gasteiger partial charge is 0.418 e. The number of benzene rings is 1. The van der Waals surface area contributed by atoms with Gasteiger partial charge in [-0.05, 0) is 25.0 Å². The van der Waals surface area contributed by atoms with E-state index in [1.54, 1.807) is 0 Å². The Morgan fingerprint density at radius 3 is 2.43 bits per heavy atom. The maximum absolute atomic E-state index is 12.9. The number of nitrogens with one attached hydrogen (secondary N) is 2. The molecule has 4 nitrogen and oxygen atoms in total. The van der Waals surface area contributed by atoms with Crippen molar-refractivity contribution in [3.05, 3.63) is 29.8 Å². The van der Waals surface area contributed by atoms with Crippen LogP contribution in [0, 0.1) is 0 Å². The van der Waals surface area contributed by atoms with Crippen LogP contribution in [0.2, 0.25) is 0 Å². The summed E-state index contributed by atoms with van der Waals surface area (Å²) in [7, 11) is 0. The smallest absolute Gasteiger partial charge is 0.331 e. The summed E-state index contributed by atoms with van der Waals surface area (Å²) in [5, 5.41) is 5.00. The van der Waals surface area contributed by atoms with Gasteiger partial charge in [-0.2, -0.15) is 13.2 Å². The first-order valence-corrected chi connectivity index (χ1v) is 6.82. The van der Waals surface area contributed by atoms with E-state index in [0.29, 0.717) is 0 Å². The number of rotatable bonds is 3. The number of para-hydroxylation sites is 1. The maximum Gasteiger partial charge on any atom is 0.418 e. The molecule has 1 fully saturated rings. The molecule has 21 heavy (non-hydrogen) atoms. The molecule has 0 heterocycles. The third-order valence-electron chi connectivity index (χ3n) is 3.81. The highest BCUT2D eigenvalue weighted by Crippen LogP contribution is 2.34. The van der Waals surface area contributed by atoms with E-state index in [1.807, 2.05) is 0 Å². The van der Waals surface area contributed by atoms with E-state index < -0.39 is 23.3 Å². The monoisotopic (exact) mass is 301 g/mol. The first kappa shape index (κ1) is 15.6. The van der Waals surface area contributed by atoms with Gasteiger partial charge in [0.05, 0.1) is 16.8 Å². The third kappa shape index (κ3) is 3.66. The third-order valence-corrected chi connectivity index (χ3v) is 3.81. The first-order chi connectivity index (χ1) is 9.86. The fourth-order valence-corrected chi connectivity index (χ4v) is 2.67. The first-order valence-electron chi connectivity index (χ1n) is 6.82. The topological polar surface area (TPSA) is 67.1 Å². The number of nitrogens with two attached hydrogens (primary N) is 1. The number of hydrogen-bond acceptors (Lipinski definition) is 2. The number of amides is 2. The van der Waals surface area contributed by atoms with Gasteiger partial charge in [0, 0.05) is 6.54 Å². The zero-order chi connectivity index (χ0) is 15.5. The van der Waals surface area contributed by atoms with Crippen LogP contribution in [0.15, 0.2) is 24.3 Å². The Morgan fingerprint density at radius 2 is 1.86 bits per heavy atom. The number of urea groups is 1. The molecule has 0 spiro atoms. The van der Waals surface area contributed by atoms with Crippen molar-refractivity contribution in [2.45, 2.75) is 37.4 Å². The number of carbonyl (C=O) groups excluding carboxylic acids is 1. The van der Waals surface area contributed by atoms with E-state index in [1.165, 1.54) is 18.2 Å². The van der Waals surface area contributed by atoms with Crippen LogP contribution in [-0.4, -0.2) is 18.1 Å². The molecule has 0 saturated heterocycles. The lowest BCUT2D eigenvalue weighted by molar-refractivity contribution is -0.136. The van der Waals surface area contributed by atoms with Crippen molar-refractivity contribution < 1.29 is 18.0 Å². The van der Waals surface area contributed by atoms with E-state index in [9.17, 15) is 18.0 Å². The second-order valence-corrected chi connectivity index (χ2v) is 5.31. The van der Waals surface area contributed by atoms with Crippen LogP contribution in [-0.2, 0) is 6.18 Å². The molecule has 1 aromatic rings. The van der Waals surface area contributed by atoms with Crippen molar-refractivity contribution >= 4 is 11.7 Å². The Bertz CT molecular complexity index is 510. The second-order valence-electron chi connectivity index (χ2n) is 5.31. The molecule has 0 radical (unpaired) electrons. The van der Waals surface area contributed by atoms with Gasteiger partial charge < -0.3 is 16.4 Å². The van der Waals surface area contributed by atoms with E-state index in [4.69, 9.17) is 5.73 Å². The van der Waals surface area contributed by atoms with Gasteiger partial charge in [0.25, 0.3) is 0 Å². The summed E-state index contributed by atoms with van der Waals surface area (Å²) in [5.74, 6) is 0. The van der Waals surface area contributed by atoms with Crippen LogP contribution >= 0.6 is 0 Å². The standard InChI is InChI=1S/C14H18F3N3O/c15-14(16,17)10-5-1-2-6-11(10)19-12(21)20-13(9-18)7-3-4-8-13/h1-2,5-6H,3-4,7-9,18H2,(H2,19,20,21). The van der Waals surface area contributed by atoms with Crippen LogP contribution < -0.4 is 16.4 Å². The Hall–Kier alpha value is -1.76. The van der Waals surface area contributed by atoms with Gasteiger partial charge in [0.1, 0.15) is 0 Å². The van der Waals surface area contributed by atoms with Gasteiger partial charge in [-0.15, -0.1) is 0 Å². The Morgan fingerprint density at radius 1 is 1.24 bits per heavy atom. The molecular weight excluding hydrogens is 283 g/mol. The van der Waals surface area contributed by atoms with E-state index in [-0.39, 0.29) is 12.2 Å². The zero-order valence-electron chi connectivity index (χ0n) is 11.5. The molecule has 1 aromatic carbocycles. The molecule has 0 bridgehead atoms. The minimum Gasteiger partial charge on any atom is -0.331 e. The second kappa shape index (κ2) is 5.93. The predicted octanol–water partition coefficient (Wildman–Crippen LogP) is 3.10. The van der Waals surface area contributed by atoms with Crippen LogP contribution in [0.3, 0.4) is 0 Å². The summed E-state index contributed by atoms with van der Waals surface area (Å²) in [5.41, 5.74) is 4.06. The molecule has 0 unspecified atom stereocenters. The Balaban J connectivity index is 2.10. The minimum absolute atomic E-state index is 0.257. The lowest BCUT2D eigenvalue weighted by atomic mass is 9.98. The van der Waals surface area contributed by atoms with E-state index >= 15 is 0 Å². The zero-order valence-corrected chi connectivity index (χ0v) is 11.5. The van der Waals surface area contributed by atoms with Gasteiger partial charge in [-0.25, -0.2) is 4.79 Å². The Labute approximate surface area is 120 Å². The summed E-state index contributed by atoms with van der Waals surface area (Å²) in [6.45, 7) is 0.279. The van der Waals surface area contributed by atoms with Crippen LogP contribution in [0.25, 0.3) is 0 Å². The van der Waals surface area contributed by atoms with Crippen LogP contribution in [0.4, 0.5) is 23.7 Å². The molecule has 0 atom stereocenters. The molecule has 0 aromatic heterocycles. The number of hydrogen-bond donors (Lipinski definition) is 3. The summed E-state index contributed by atoms with van der Waals surface area (Å²) in [4.78, 5) is 12.0. The summed E-state index contributed by atoms with van der Waals surface area (Å²) < 4.78 is 38.6. The lowest BCUT2D eigenvalue weighted by Gasteiger charge is -2.29. The Kier molecular flexibility index (Phi) is 4.41. The summed E-state index contributed by atoms with van der Waals surface area (Å²) in [6, 6.07) is 4.23. The number of carbonyl (C=O) groups is 1. The highest BCUT2D eigenvalue weighted by molar-refractivity contribution is 5.90. The number of halogens is 3. The van der Waals surface area contributed by atoms with Crippen molar-refractivity contribution in [2.24, 2.45) is 5.73 Å². The van der Waals surface area contributed by atoms with Crippen molar-refractivity contribution in [1.82, 2.24) is 5.32 Å². The van der Waals surface area contributed by atoms with Gasteiger partial charge in [0.2, 0.25) is 0 Å². The quantitative estimate of drug-likeness (QED) is 0.803.